The predicted molar refractivity (Wildman–Crippen MR) is 66.2 cm³/mol. The third kappa shape index (κ3) is 1.91. The Morgan fingerprint density at radius 3 is 3.00 bits per heavy atom. The summed E-state index contributed by atoms with van der Waals surface area (Å²) in [6.07, 6.45) is 3.79. The van der Waals surface area contributed by atoms with Crippen molar-refractivity contribution in [2.45, 2.75) is 32.6 Å². The smallest absolute Gasteiger partial charge is 0.378 e. The molecule has 19 heavy (non-hydrogen) atoms. The number of hydrogen-bond acceptors (Lipinski definition) is 5. The number of carbonyl (C=O) groups excluding carboxylic acids is 1. The zero-order chi connectivity index (χ0) is 13.4. The van der Waals surface area contributed by atoms with Crippen LogP contribution in [0.25, 0.3) is 5.65 Å². The number of hydrogen-bond donors (Lipinski definition) is 1. The average Bonchev–Trinajstić information content (AvgIpc) is 2.85. The molecule has 7 nitrogen and oxygen atoms in total. The van der Waals surface area contributed by atoms with Gasteiger partial charge in [0.05, 0.1) is 6.61 Å². The molecule has 0 amide bonds. The van der Waals surface area contributed by atoms with E-state index in [1.165, 1.54) is 0 Å². The van der Waals surface area contributed by atoms with Gasteiger partial charge in [-0.3, -0.25) is 0 Å². The molecule has 0 spiro atoms. The molecule has 1 aliphatic carbocycles. The average molecular weight is 262 g/mol. The maximum absolute atomic E-state index is 11.9. The molecule has 0 aliphatic heterocycles. The molecule has 0 radical (unpaired) electrons. The van der Waals surface area contributed by atoms with E-state index < -0.39 is 5.97 Å². The van der Waals surface area contributed by atoms with Gasteiger partial charge < -0.3 is 9.72 Å². The standard InChI is InChI=1S/C12H14N4O3/c1-2-19-11(17)9-14-10-7-5-3-4-6-8(7)13-12(18)16(10)15-9/h2-6H2,1H3,(H,13,18). The zero-order valence-electron chi connectivity index (χ0n) is 10.6. The van der Waals surface area contributed by atoms with Gasteiger partial charge in [-0.1, -0.05) is 0 Å². The number of fused-ring (bicyclic) bond motifs is 3. The number of nitrogens with one attached hydrogen (secondary N) is 1. The monoisotopic (exact) mass is 262 g/mol. The van der Waals surface area contributed by atoms with Crippen LogP contribution in [0.5, 0.6) is 0 Å². The summed E-state index contributed by atoms with van der Waals surface area (Å²) in [5.41, 5.74) is 2.00. The summed E-state index contributed by atoms with van der Waals surface area (Å²) in [5, 5.41) is 3.93. The highest BCUT2D eigenvalue weighted by molar-refractivity contribution is 5.85. The number of aromatic nitrogens is 4. The number of H-pyrrole nitrogens is 1. The number of aromatic amines is 1. The molecule has 0 aromatic carbocycles. The molecular formula is C12H14N4O3. The maximum Gasteiger partial charge on any atom is 0.378 e. The molecule has 2 heterocycles. The van der Waals surface area contributed by atoms with Crippen molar-refractivity contribution in [3.05, 3.63) is 27.6 Å². The van der Waals surface area contributed by atoms with E-state index in [-0.39, 0.29) is 18.1 Å². The number of esters is 1. The van der Waals surface area contributed by atoms with E-state index in [9.17, 15) is 9.59 Å². The van der Waals surface area contributed by atoms with Crippen molar-refractivity contribution in [2.75, 3.05) is 6.61 Å². The van der Waals surface area contributed by atoms with Crippen molar-refractivity contribution in [1.29, 1.82) is 0 Å². The van der Waals surface area contributed by atoms with E-state index in [1.54, 1.807) is 6.92 Å². The first-order valence-electron chi connectivity index (χ1n) is 6.38. The lowest BCUT2D eigenvalue weighted by atomic mass is 9.97. The predicted octanol–water partition coefficient (Wildman–Crippen LogP) is 0.473. The van der Waals surface area contributed by atoms with Crippen LogP contribution in [0.3, 0.4) is 0 Å². The Morgan fingerprint density at radius 2 is 2.21 bits per heavy atom. The molecule has 100 valence electrons. The van der Waals surface area contributed by atoms with Crippen molar-refractivity contribution in [3.63, 3.8) is 0 Å². The van der Waals surface area contributed by atoms with Crippen LogP contribution in [0.15, 0.2) is 4.79 Å². The lowest BCUT2D eigenvalue weighted by Gasteiger charge is -2.14. The topological polar surface area (TPSA) is 89.3 Å². The summed E-state index contributed by atoms with van der Waals surface area (Å²) in [6, 6.07) is 0. The van der Waals surface area contributed by atoms with Crippen molar-refractivity contribution >= 4 is 11.6 Å². The number of nitrogens with zero attached hydrogens (tertiary/aromatic N) is 3. The van der Waals surface area contributed by atoms with Crippen LogP contribution in [0.1, 0.15) is 41.6 Å². The van der Waals surface area contributed by atoms with Crippen molar-refractivity contribution in [2.24, 2.45) is 0 Å². The Balaban J connectivity index is 2.19. The van der Waals surface area contributed by atoms with Crippen LogP contribution in [0, 0.1) is 0 Å². The van der Waals surface area contributed by atoms with E-state index in [4.69, 9.17) is 4.74 Å². The van der Waals surface area contributed by atoms with Gasteiger partial charge in [0.1, 0.15) is 0 Å². The summed E-state index contributed by atoms with van der Waals surface area (Å²) in [7, 11) is 0. The summed E-state index contributed by atoms with van der Waals surface area (Å²) in [6.45, 7) is 1.96. The molecular weight excluding hydrogens is 248 g/mol. The summed E-state index contributed by atoms with van der Waals surface area (Å²) < 4.78 is 6.00. The van der Waals surface area contributed by atoms with Crippen LogP contribution < -0.4 is 5.69 Å². The number of ether oxygens (including phenoxy) is 1. The molecule has 2 aromatic heterocycles. The van der Waals surface area contributed by atoms with Gasteiger partial charge in [0.25, 0.3) is 5.82 Å². The van der Waals surface area contributed by atoms with Gasteiger partial charge in [-0.05, 0) is 32.6 Å². The molecule has 0 saturated carbocycles. The third-order valence-corrected chi connectivity index (χ3v) is 3.25. The Morgan fingerprint density at radius 1 is 1.42 bits per heavy atom. The van der Waals surface area contributed by atoms with Gasteiger partial charge >= 0.3 is 11.7 Å². The first kappa shape index (κ1) is 11.9. The van der Waals surface area contributed by atoms with E-state index >= 15 is 0 Å². The molecule has 1 N–H and O–H groups in total. The summed E-state index contributed by atoms with van der Waals surface area (Å²) >= 11 is 0. The fourth-order valence-corrected chi connectivity index (χ4v) is 2.40. The van der Waals surface area contributed by atoms with Crippen LogP contribution in [0.2, 0.25) is 0 Å². The quantitative estimate of drug-likeness (QED) is 0.795. The number of rotatable bonds is 2. The van der Waals surface area contributed by atoms with Gasteiger partial charge in [0, 0.05) is 11.3 Å². The molecule has 2 aromatic rings. The fourth-order valence-electron chi connectivity index (χ4n) is 2.40. The van der Waals surface area contributed by atoms with E-state index in [0.29, 0.717) is 5.65 Å². The minimum atomic E-state index is -0.602. The SMILES string of the molecule is CCOC(=O)c1nc2c3c([nH]c(=O)n2n1)CCCC3. The van der Waals surface area contributed by atoms with Crippen LogP contribution in [-0.4, -0.2) is 32.2 Å². The molecule has 0 saturated heterocycles. The minimum absolute atomic E-state index is 0.0636. The summed E-state index contributed by atoms with van der Waals surface area (Å²) in [5.74, 6) is -0.665. The van der Waals surface area contributed by atoms with Crippen molar-refractivity contribution in [1.82, 2.24) is 19.6 Å². The molecule has 3 rings (SSSR count). The highest BCUT2D eigenvalue weighted by Gasteiger charge is 2.21. The molecule has 0 bridgehead atoms. The third-order valence-electron chi connectivity index (χ3n) is 3.25. The number of carbonyl (C=O) groups is 1. The zero-order valence-corrected chi connectivity index (χ0v) is 10.6. The molecule has 0 atom stereocenters. The highest BCUT2D eigenvalue weighted by atomic mass is 16.5. The van der Waals surface area contributed by atoms with Crippen molar-refractivity contribution in [3.8, 4) is 0 Å². The van der Waals surface area contributed by atoms with Crippen LogP contribution in [0.4, 0.5) is 0 Å². The Hall–Kier alpha value is -2.18. The normalized spacial score (nSPS) is 14.4. The largest absolute Gasteiger partial charge is 0.460 e. The maximum atomic E-state index is 11.9. The lowest BCUT2D eigenvalue weighted by Crippen LogP contribution is -2.23. The van der Waals surface area contributed by atoms with Gasteiger partial charge in [-0.2, -0.15) is 4.52 Å². The molecule has 7 heteroatoms. The van der Waals surface area contributed by atoms with E-state index in [2.05, 4.69) is 15.1 Å². The fraction of sp³-hybridized carbons (Fsp3) is 0.500. The second-order valence-electron chi connectivity index (χ2n) is 4.49. The Labute approximate surface area is 108 Å². The van der Waals surface area contributed by atoms with Gasteiger partial charge in [0.15, 0.2) is 5.65 Å². The highest BCUT2D eigenvalue weighted by Crippen LogP contribution is 2.21. The number of aryl methyl sites for hydroxylation is 2. The lowest BCUT2D eigenvalue weighted by molar-refractivity contribution is 0.0512. The summed E-state index contributed by atoms with van der Waals surface area (Å²) in [4.78, 5) is 30.5. The van der Waals surface area contributed by atoms with Gasteiger partial charge in [-0.25, -0.2) is 14.6 Å². The van der Waals surface area contributed by atoms with E-state index in [0.717, 1.165) is 41.5 Å². The first-order chi connectivity index (χ1) is 9.20. The van der Waals surface area contributed by atoms with Gasteiger partial charge in [-0.15, -0.1) is 5.10 Å². The molecule has 0 unspecified atom stereocenters. The van der Waals surface area contributed by atoms with Crippen LogP contribution >= 0.6 is 0 Å². The van der Waals surface area contributed by atoms with Crippen molar-refractivity contribution < 1.29 is 9.53 Å². The Bertz CT molecular complexity index is 701. The van der Waals surface area contributed by atoms with Crippen LogP contribution in [-0.2, 0) is 17.6 Å². The molecule has 0 fully saturated rings. The minimum Gasteiger partial charge on any atom is -0.460 e. The van der Waals surface area contributed by atoms with Gasteiger partial charge in [0.2, 0.25) is 0 Å². The Kier molecular flexibility index (Phi) is 2.81. The molecule has 1 aliphatic rings. The second kappa shape index (κ2) is 4.49. The second-order valence-corrected chi connectivity index (χ2v) is 4.49. The first-order valence-corrected chi connectivity index (χ1v) is 6.38. The van der Waals surface area contributed by atoms with E-state index in [1.807, 2.05) is 0 Å².